The maximum Gasteiger partial charge on any atom is 0.316 e. The van der Waals surface area contributed by atoms with E-state index in [1.165, 1.54) is 14.0 Å². The fraction of sp³-hybridized carbons (Fsp3) is 0.727. The van der Waals surface area contributed by atoms with Crippen LogP contribution in [-0.2, 0) is 19.1 Å². The molecular formula is C11H16O4. The predicted molar refractivity (Wildman–Crippen MR) is 53.2 cm³/mol. The Morgan fingerprint density at radius 2 is 2.13 bits per heavy atom. The second-order valence-electron chi connectivity index (χ2n) is 4.01. The average molecular weight is 212 g/mol. The van der Waals surface area contributed by atoms with Crippen molar-refractivity contribution in [3.05, 3.63) is 0 Å². The van der Waals surface area contributed by atoms with Crippen molar-refractivity contribution in [1.29, 1.82) is 0 Å². The Balaban J connectivity index is 2.75. The van der Waals surface area contributed by atoms with Crippen molar-refractivity contribution in [3.8, 4) is 0 Å². The van der Waals surface area contributed by atoms with E-state index in [1.807, 2.05) is 0 Å². The van der Waals surface area contributed by atoms with Gasteiger partial charge in [0.1, 0.15) is 17.5 Å². The van der Waals surface area contributed by atoms with Crippen molar-refractivity contribution >= 4 is 17.5 Å². The molecule has 0 spiro atoms. The number of ketones is 2. The molecular weight excluding hydrogens is 196 g/mol. The zero-order chi connectivity index (χ0) is 11.4. The number of rotatable bonds is 3. The second kappa shape index (κ2) is 5.05. The molecule has 0 heterocycles. The normalized spacial score (nSPS) is 23.3. The first-order valence-corrected chi connectivity index (χ1v) is 5.16. The van der Waals surface area contributed by atoms with Crippen molar-refractivity contribution in [2.75, 3.05) is 7.11 Å². The maximum absolute atomic E-state index is 11.4. The van der Waals surface area contributed by atoms with E-state index in [1.54, 1.807) is 0 Å². The number of esters is 1. The molecule has 0 radical (unpaired) electrons. The van der Waals surface area contributed by atoms with Gasteiger partial charge in [-0.3, -0.25) is 14.4 Å². The summed E-state index contributed by atoms with van der Waals surface area (Å²) in [7, 11) is 1.27. The lowest BCUT2D eigenvalue weighted by atomic mass is 9.78. The van der Waals surface area contributed by atoms with E-state index in [9.17, 15) is 14.4 Å². The SMILES string of the molecule is COC(=O)C(C(C)=O)[C@H]1CCCC(=O)C1. The van der Waals surface area contributed by atoms with Crippen LogP contribution in [0.4, 0.5) is 0 Å². The largest absolute Gasteiger partial charge is 0.468 e. The van der Waals surface area contributed by atoms with Crippen LogP contribution >= 0.6 is 0 Å². The number of hydrogen-bond donors (Lipinski definition) is 0. The lowest BCUT2D eigenvalue weighted by Gasteiger charge is -2.25. The van der Waals surface area contributed by atoms with Gasteiger partial charge in [0.25, 0.3) is 0 Å². The Hall–Kier alpha value is -1.19. The smallest absolute Gasteiger partial charge is 0.316 e. The first-order chi connectivity index (χ1) is 7.06. The summed E-state index contributed by atoms with van der Waals surface area (Å²) >= 11 is 0. The highest BCUT2D eigenvalue weighted by Crippen LogP contribution is 2.29. The predicted octanol–water partition coefficient (Wildman–Crippen LogP) is 1.12. The number of ether oxygens (including phenoxy) is 1. The van der Waals surface area contributed by atoms with Gasteiger partial charge in [0, 0.05) is 12.8 Å². The summed E-state index contributed by atoms with van der Waals surface area (Å²) in [6.07, 6.45) is 2.43. The Morgan fingerprint density at radius 3 is 2.60 bits per heavy atom. The van der Waals surface area contributed by atoms with Gasteiger partial charge in [-0.25, -0.2) is 0 Å². The number of hydrogen-bond acceptors (Lipinski definition) is 4. The molecule has 1 unspecified atom stereocenters. The van der Waals surface area contributed by atoms with Gasteiger partial charge >= 0.3 is 5.97 Å². The van der Waals surface area contributed by atoms with Gasteiger partial charge in [0.15, 0.2) is 0 Å². The average Bonchev–Trinajstić information content (AvgIpc) is 2.17. The summed E-state index contributed by atoms with van der Waals surface area (Å²) in [6, 6.07) is 0. The Morgan fingerprint density at radius 1 is 1.47 bits per heavy atom. The second-order valence-corrected chi connectivity index (χ2v) is 4.01. The molecule has 0 aromatic carbocycles. The highest BCUT2D eigenvalue weighted by molar-refractivity contribution is 5.98. The van der Waals surface area contributed by atoms with Gasteiger partial charge in [-0.15, -0.1) is 0 Å². The Labute approximate surface area is 89.0 Å². The minimum absolute atomic E-state index is 0.140. The van der Waals surface area contributed by atoms with Crippen LogP contribution in [-0.4, -0.2) is 24.6 Å². The van der Waals surface area contributed by atoms with Gasteiger partial charge in [0.05, 0.1) is 7.11 Å². The van der Waals surface area contributed by atoms with Crippen molar-refractivity contribution in [2.24, 2.45) is 11.8 Å². The first kappa shape index (κ1) is 11.9. The maximum atomic E-state index is 11.4. The first-order valence-electron chi connectivity index (χ1n) is 5.16. The Kier molecular flexibility index (Phi) is 4.00. The highest BCUT2D eigenvalue weighted by atomic mass is 16.5. The van der Waals surface area contributed by atoms with Crippen molar-refractivity contribution in [1.82, 2.24) is 0 Å². The van der Waals surface area contributed by atoms with Gasteiger partial charge in [-0.2, -0.15) is 0 Å². The minimum atomic E-state index is -0.751. The fourth-order valence-corrected chi connectivity index (χ4v) is 2.16. The van der Waals surface area contributed by atoms with Gasteiger partial charge in [0.2, 0.25) is 0 Å². The third-order valence-electron chi connectivity index (χ3n) is 2.88. The molecule has 84 valence electrons. The molecule has 0 aromatic rings. The van der Waals surface area contributed by atoms with E-state index >= 15 is 0 Å². The molecule has 1 fully saturated rings. The van der Waals surface area contributed by atoms with Crippen LogP contribution in [0.5, 0.6) is 0 Å². The molecule has 0 bridgehead atoms. The van der Waals surface area contributed by atoms with Crippen LogP contribution < -0.4 is 0 Å². The van der Waals surface area contributed by atoms with Crippen molar-refractivity contribution < 1.29 is 19.1 Å². The highest BCUT2D eigenvalue weighted by Gasteiger charge is 2.35. The van der Waals surface area contributed by atoms with Gasteiger partial charge < -0.3 is 4.74 Å². The van der Waals surface area contributed by atoms with Gasteiger partial charge in [-0.05, 0) is 25.7 Å². The zero-order valence-corrected chi connectivity index (χ0v) is 9.12. The molecule has 15 heavy (non-hydrogen) atoms. The number of methoxy groups -OCH3 is 1. The summed E-state index contributed by atoms with van der Waals surface area (Å²) in [5, 5.41) is 0. The molecule has 0 saturated heterocycles. The van der Waals surface area contributed by atoms with Gasteiger partial charge in [-0.1, -0.05) is 0 Å². The zero-order valence-electron chi connectivity index (χ0n) is 9.12. The molecule has 1 aliphatic rings. The van der Waals surface area contributed by atoms with E-state index in [-0.39, 0.29) is 17.5 Å². The lowest BCUT2D eigenvalue weighted by molar-refractivity contribution is -0.152. The van der Waals surface area contributed by atoms with Crippen molar-refractivity contribution in [3.63, 3.8) is 0 Å². The quantitative estimate of drug-likeness (QED) is 0.519. The molecule has 4 heteroatoms. The topological polar surface area (TPSA) is 60.4 Å². The van der Waals surface area contributed by atoms with Crippen LogP contribution in [0.1, 0.15) is 32.6 Å². The summed E-state index contributed by atoms with van der Waals surface area (Å²) < 4.78 is 4.59. The lowest BCUT2D eigenvalue weighted by Crippen LogP contribution is -2.34. The Bertz CT molecular complexity index is 282. The standard InChI is InChI=1S/C11H16O4/c1-7(12)10(11(14)15-2)8-4-3-5-9(13)6-8/h8,10H,3-6H2,1-2H3/t8-,10?/m0/s1. The molecule has 1 saturated carbocycles. The fourth-order valence-electron chi connectivity index (χ4n) is 2.16. The molecule has 4 nitrogen and oxygen atoms in total. The van der Waals surface area contributed by atoms with Crippen LogP contribution in [0.25, 0.3) is 0 Å². The monoisotopic (exact) mass is 212 g/mol. The molecule has 0 aliphatic heterocycles. The minimum Gasteiger partial charge on any atom is -0.468 e. The number of Topliss-reactive ketones (excluding diaryl/α,β-unsaturated/α-hetero) is 2. The molecule has 0 aromatic heterocycles. The number of carbonyl (C=O) groups excluding carboxylic acids is 3. The molecule has 0 amide bonds. The van der Waals surface area contributed by atoms with Crippen LogP contribution in [0.15, 0.2) is 0 Å². The molecule has 1 aliphatic carbocycles. The molecule has 2 atom stereocenters. The van der Waals surface area contributed by atoms with E-state index in [4.69, 9.17) is 0 Å². The van der Waals surface area contributed by atoms with E-state index in [2.05, 4.69) is 4.74 Å². The summed E-state index contributed by atoms with van der Waals surface area (Å²) in [5.41, 5.74) is 0. The van der Waals surface area contributed by atoms with Crippen LogP contribution in [0, 0.1) is 11.8 Å². The third-order valence-corrected chi connectivity index (χ3v) is 2.88. The summed E-state index contributed by atoms with van der Waals surface area (Å²) in [5.74, 6) is -1.49. The third kappa shape index (κ3) is 2.88. The number of carbonyl (C=O) groups is 3. The van der Waals surface area contributed by atoms with Crippen LogP contribution in [0.2, 0.25) is 0 Å². The summed E-state index contributed by atoms with van der Waals surface area (Å²) in [6.45, 7) is 1.38. The van der Waals surface area contributed by atoms with Crippen LogP contribution in [0.3, 0.4) is 0 Å². The molecule has 1 rings (SSSR count). The summed E-state index contributed by atoms with van der Waals surface area (Å²) in [4.78, 5) is 34.0. The molecule has 0 N–H and O–H groups in total. The van der Waals surface area contributed by atoms with E-state index < -0.39 is 11.9 Å². The van der Waals surface area contributed by atoms with Crippen molar-refractivity contribution in [2.45, 2.75) is 32.6 Å². The van der Waals surface area contributed by atoms with E-state index in [0.717, 1.165) is 12.8 Å². The van der Waals surface area contributed by atoms with E-state index in [0.29, 0.717) is 12.8 Å².